The molecule has 16 heteroatoms. The molecule has 0 aliphatic carbocycles. The van der Waals surface area contributed by atoms with E-state index < -0.39 is 81.6 Å². The van der Waals surface area contributed by atoms with E-state index in [1.54, 1.807) is 0 Å². The largest absolute Gasteiger partial charge is 0.437 e. The van der Waals surface area contributed by atoms with Gasteiger partial charge in [0, 0.05) is 5.56 Å². The van der Waals surface area contributed by atoms with Gasteiger partial charge in [-0.05, 0) is 48.5 Å². The van der Waals surface area contributed by atoms with Crippen molar-refractivity contribution in [2.24, 2.45) is 0 Å². The first kappa shape index (κ1) is 29.4. The summed E-state index contributed by atoms with van der Waals surface area (Å²) < 4.78 is 156. The molecule has 41 heavy (non-hydrogen) atoms. The zero-order chi connectivity index (χ0) is 30.3. The van der Waals surface area contributed by atoms with Gasteiger partial charge >= 0.3 is 18.5 Å². The van der Waals surface area contributed by atoms with Crippen molar-refractivity contribution < 1.29 is 57.8 Å². The second-order valence-electron chi connectivity index (χ2n) is 8.13. The van der Waals surface area contributed by atoms with Crippen molar-refractivity contribution in [2.45, 2.75) is 18.5 Å². The predicted octanol–water partition coefficient (Wildman–Crippen LogP) is 8.64. The van der Waals surface area contributed by atoms with Crippen LogP contribution in [0.2, 0.25) is 0 Å². The van der Waals surface area contributed by atoms with Gasteiger partial charge in [-0.15, -0.1) is 0 Å². The number of hydrogen-bond acceptors (Lipinski definition) is 5. The average Bonchev–Trinajstić information content (AvgIpc) is 2.86. The summed E-state index contributed by atoms with van der Waals surface area (Å²) >= 11 is 0. The SMILES string of the molecule is Nc1c(Oc2ccc(F)c(C(F)(F)F)c2)nc(-c2ccc(C(F)(F)F)cc2)nc1Oc1ccc(F)c(C(F)(F)F)c1. The zero-order valence-electron chi connectivity index (χ0n) is 19.7. The number of ether oxygens (including phenoxy) is 2. The Labute approximate surface area is 222 Å². The third-order valence-electron chi connectivity index (χ3n) is 5.26. The molecule has 216 valence electrons. The minimum Gasteiger partial charge on any atom is -0.437 e. The molecule has 1 heterocycles. The van der Waals surface area contributed by atoms with Crippen LogP contribution < -0.4 is 15.2 Å². The summed E-state index contributed by atoms with van der Waals surface area (Å²) in [6.45, 7) is 0. The van der Waals surface area contributed by atoms with Crippen LogP contribution in [0.1, 0.15) is 16.7 Å². The predicted molar refractivity (Wildman–Crippen MR) is 120 cm³/mol. The Kier molecular flexibility index (Phi) is 7.45. The summed E-state index contributed by atoms with van der Waals surface area (Å²) in [5.41, 5.74) is 0.604. The molecule has 1 aromatic heterocycles. The van der Waals surface area contributed by atoms with Gasteiger partial charge in [0.25, 0.3) is 0 Å². The van der Waals surface area contributed by atoms with Crippen molar-refractivity contribution in [1.82, 2.24) is 9.97 Å². The highest BCUT2D eigenvalue weighted by molar-refractivity contribution is 5.65. The molecular weight excluding hydrogens is 583 g/mol. The molecule has 0 bridgehead atoms. The number of rotatable bonds is 5. The molecule has 2 N–H and O–H groups in total. The van der Waals surface area contributed by atoms with E-state index in [1.807, 2.05) is 0 Å². The fraction of sp³-hybridized carbons (Fsp3) is 0.120. The summed E-state index contributed by atoms with van der Waals surface area (Å²) in [6, 6.07) is 6.10. The van der Waals surface area contributed by atoms with Crippen LogP contribution in [0.5, 0.6) is 23.3 Å². The Morgan fingerprint density at radius 2 is 0.976 bits per heavy atom. The number of hydrogen-bond donors (Lipinski definition) is 1. The minimum absolute atomic E-state index is 0.127. The van der Waals surface area contributed by atoms with Crippen LogP contribution in [0.25, 0.3) is 11.4 Å². The van der Waals surface area contributed by atoms with E-state index in [0.29, 0.717) is 24.3 Å². The van der Waals surface area contributed by atoms with Crippen molar-refractivity contribution >= 4 is 5.69 Å². The van der Waals surface area contributed by atoms with E-state index >= 15 is 0 Å². The number of nitrogens with two attached hydrogens (primary N) is 1. The van der Waals surface area contributed by atoms with Crippen molar-refractivity contribution in [3.8, 4) is 34.6 Å². The maximum atomic E-state index is 13.7. The van der Waals surface area contributed by atoms with Crippen molar-refractivity contribution in [3.05, 3.63) is 89.0 Å². The van der Waals surface area contributed by atoms with E-state index in [2.05, 4.69) is 9.97 Å². The summed E-state index contributed by atoms with van der Waals surface area (Å²) in [7, 11) is 0. The Bertz CT molecular complexity index is 1500. The number of aromatic nitrogens is 2. The van der Waals surface area contributed by atoms with Gasteiger partial charge in [0.15, 0.2) is 11.5 Å². The molecule has 4 aromatic rings. The highest BCUT2D eigenvalue weighted by Gasteiger charge is 2.36. The van der Waals surface area contributed by atoms with E-state index in [4.69, 9.17) is 15.2 Å². The summed E-state index contributed by atoms with van der Waals surface area (Å²) in [6.07, 6.45) is -15.0. The normalized spacial score (nSPS) is 12.4. The van der Waals surface area contributed by atoms with Gasteiger partial charge in [0.2, 0.25) is 11.8 Å². The molecule has 3 aromatic carbocycles. The number of alkyl halides is 9. The van der Waals surface area contributed by atoms with E-state index in [1.165, 1.54) is 0 Å². The van der Waals surface area contributed by atoms with Crippen LogP contribution in [0, 0.1) is 11.6 Å². The molecule has 0 spiro atoms. The van der Waals surface area contributed by atoms with Gasteiger partial charge in [-0.3, -0.25) is 0 Å². The fourth-order valence-corrected chi connectivity index (χ4v) is 3.32. The lowest BCUT2D eigenvalue weighted by Crippen LogP contribution is -2.09. The van der Waals surface area contributed by atoms with Crippen LogP contribution in [0.3, 0.4) is 0 Å². The Hall–Kier alpha value is -4.63. The molecule has 0 aliphatic rings. The lowest BCUT2D eigenvalue weighted by Gasteiger charge is -2.16. The Morgan fingerprint density at radius 3 is 1.34 bits per heavy atom. The molecule has 0 amide bonds. The van der Waals surface area contributed by atoms with Crippen molar-refractivity contribution in [3.63, 3.8) is 0 Å². The monoisotopic (exact) mass is 595 g/mol. The highest BCUT2D eigenvalue weighted by atomic mass is 19.4. The van der Waals surface area contributed by atoms with E-state index in [-0.39, 0.29) is 17.7 Å². The van der Waals surface area contributed by atoms with Crippen LogP contribution in [-0.2, 0) is 18.5 Å². The average molecular weight is 595 g/mol. The molecule has 0 aliphatic heterocycles. The number of nitrogen functional groups attached to an aromatic ring is 1. The summed E-state index contributed by atoms with van der Waals surface area (Å²) in [4.78, 5) is 7.77. The van der Waals surface area contributed by atoms with Crippen LogP contribution in [-0.4, -0.2) is 9.97 Å². The molecule has 0 fully saturated rings. The highest BCUT2D eigenvalue weighted by Crippen LogP contribution is 2.41. The number of anilines is 1. The topological polar surface area (TPSA) is 70.3 Å². The molecule has 0 saturated heterocycles. The minimum atomic E-state index is -5.13. The van der Waals surface area contributed by atoms with Gasteiger partial charge in [-0.1, -0.05) is 12.1 Å². The first-order chi connectivity index (χ1) is 18.9. The molecule has 0 unspecified atom stereocenters. The van der Waals surface area contributed by atoms with Gasteiger partial charge in [-0.2, -0.15) is 49.5 Å². The van der Waals surface area contributed by atoms with Crippen LogP contribution in [0.15, 0.2) is 60.7 Å². The second kappa shape index (κ2) is 10.4. The van der Waals surface area contributed by atoms with Crippen molar-refractivity contribution in [1.29, 1.82) is 0 Å². The molecule has 0 saturated carbocycles. The second-order valence-corrected chi connectivity index (χ2v) is 8.13. The van der Waals surface area contributed by atoms with Gasteiger partial charge in [-0.25, -0.2) is 8.78 Å². The third kappa shape index (κ3) is 6.58. The standard InChI is InChI=1S/C25H12F11N3O2/c26-17-7-5-13(9-15(17)24(31,32)33)40-21-19(37)22(41-14-6-8-18(27)16(10-14)25(34,35)36)39-20(38-21)11-1-3-12(4-2-11)23(28,29)30/h1-10H,37H2. The van der Waals surface area contributed by atoms with Crippen LogP contribution in [0.4, 0.5) is 54.0 Å². The maximum Gasteiger partial charge on any atom is 0.419 e. The number of nitrogens with zero attached hydrogens (tertiary/aromatic N) is 2. The third-order valence-corrected chi connectivity index (χ3v) is 5.26. The summed E-state index contributed by atoms with van der Waals surface area (Å²) in [5, 5.41) is 0. The van der Waals surface area contributed by atoms with Gasteiger partial charge in [0.05, 0.1) is 16.7 Å². The summed E-state index contributed by atoms with van der Waals surface area (Å²) in [5.74, 6) is -6.53. The van der Waals surface area contributed by atoms with E-state index in [0.717, 1.165) is 24.3 Å². The number of benzene rings is 3. The smallest absolute Gasteiger partial charge is 0.419 e. The lowest BCUT2D eigenvalue weighted by molar-refractivity contribution is -0.140. The first-order valence-electron chi connectivity index (χ1n) is 10.9. The molecule has 5 nitrogen and oxygen atoms in total. The zero-order valence-corrected chi connectivity index (χ0v) is 19.7. The molecule has 4 rings (SSSR count). The molecule has 0 radical (unpaired) electrons. The van der Waals surface area contributed by atoms with Crippen LogP contribution >= 0.6 is 0 Å². The molecule has 0 atom stereocenters. The van der Waals surface area contributed by atoms with Gasteiger partial charge < -0.3 is 15.2 Å². The number of halogens is 11. The van der Waals surface area contributed by atoms with Crippen molar-refractivity contribution in [2.75, 3.05) is 5.73 Å². The lowest BCUT2D eigenvalue weighted by atomic mass is 10.1. The van der Waals surface area contributed by atoms with Gasteiger partial charge in [0.1, 0.15) is 23.1 Å². The maximum absolute atomic E-state index is 13.7. The quantitative estimate of drug-likeness (QED) is 0.234. The fourth-order valence-electron chi connectivity index (χ4n) is 3.32. The Balaban J connectivity index is 1.82. The molecular formula is C25H12F11N3O2. The Morgan fingerprint density at radius 1 is 0.561 bits per heavy atom. The van der Waals surface area contributed by atoms with E-state index in [9.17, 15) is 48.3 Å². The first-order valence-corrected chi connectivity index (χ1v) is 10.9.